The highest BCUT2D eigenvalue weighted by Gasteiger charge is 2.37. The molecule has 81 heavy (non-hydrogen) atoms. The van der Waals surface area contributed by atoms with Crippen molar-refractivity contribution in [1.29, 1.82) is 0 Å². The predicted octanol–water partition coefficient (Wildman–Crippen LogP) is -0.108. The zero-order valence-corrected chi connectivity index (χ0v) is 46.9. The van der Waals surface area contributed by atoms with Gasteiger partial charge in [-0.25, -0.2) is 4.68 Å². The Balaban J connectivity index is 3.47. The van der Waals surface area contributed by atoms with Crippen molar-refractivity contribution in [1.82, 2.24) is 36.3 Å². The first-order valence-electron chi connectivity index (χ1n) is 27.9. The summed E-state index contributed by atoms with van der Waals surface area (Å²) in [7, 11) is 0. The van der Waals surface area contributed by atoms with Crippen LogP contribution in [-0.2, 0) is 70.5 Å². The Morgan fingerprint density at radius 3 is 1.43 bits per heavy atom. The van der Waals surface area contributed by atoms with Crippen LogP contribution in [-0.4, -0.2) is 158 Å². The van der Waals surface area contributed by atoms with E-state index >= 15 is 0 Å². The molecule has 0 spiro atoms. The number of carboxylic acids is 3. The fourth-order valence-electron chi connectivity index (χ4n) is 8.98. The number of nitrogens with zero attached hydrogens (tertiary/aromatic N) is 3. The van der Waals surface area contributed by atoms with Crippen LogP contribution < -0.4 is 49.9 Å². The first-order chi connectivity index (χ1) is 38.4. The van der Waals surface area contributed by atoms with E-state index in [1.807, 2.05) is 0 Å². The Morgan fingerprint density at radius 1 is 0.519 bits per heavy atom. The van der Waals surface area contributed by atoms with Gasteiger partial charge in [-0.1, -0.05) is 31.9 Å². The van der Waals surface area contributed by atoms with Crippen molar-refractivity contribution in [3.05, 3.63) is 11.9 Å². The molecule has 1 heterocycles. The standard InChI is InChI=1S/C53H89FN12O15/c1-32(2)38(28-45(70)40(17-18-46(71)72)61-52(80)35(27-47(73)74)24-37(67)31-66-30-36(64-65-66)14-11-19-54)53(81)63-42(29-48(75)76)44(69)26-34(13-4-8-21-56)50(78)60-39(15-5-9-22-57)43(68)25-33(12-3-7-20-55)51(79)62-41(49(59)77)16-6-10-23-58/h30,32-35,38-42H,3-29,31,55-58H2,1-2H3,(H2,59,77)(H,60,78)(H,61,80)(H,62,79)(H,63,81)(H,71,72)(H,73,74)(H,75,76)/t33-,34-,35+,38+,39+,40+,41+,42+/m1/s1. The van der Waals surface area contributed by atoms with E-state index in [9.17, 15) is 77.2 Å². The molecule has 8 atom stereocenters. The lowest BCUT2D eigenvalue weighted by Crippen LogP contribution is -2.50. The number of alkyl halides is 1. The molecule has 0 aliphatic carbocycles. The first kappa shape index (κ1) is 72.4. The van der Waals surface area contributed by atoms with E-state index in [2.05, 4.69) is 31.6 Å². The van der Waals surface area contributed by atoms with Gasteiger partial charge < -0.3 is 65.3 Å². The van der Waals surface area contributed by atoms with E-state index in [4.69, 9.17) is 28.7 Å². The highest BCUT2D eigenvalue weighted by Crippen LogP contribution is 2.23. The summed E-state index contributed by atoms with van der Waals surface area (Å²) in [5.74, 6) is -17.2. The third kappa shape index (κ3) is 30.1. The second kappa shape index (κ2) is 40.5. The van der Waals surface area contributed by atoms with Crippen LogP contribution in [0.4, 0.5) is 4.39 Å². The Kier molecular flexibility index (Phi) is 36.2. The minimum Gasteiger partial charge on any atom is -0.481 e. The molecule has 17 N–H and O–H groups in total. The molecule has 0 aromatic carbocycles. The highest BCUT2D eigenvalue weighted by molar-refractivity contribution is 5.99. The van der Waals surface area contributed by atoms with Gasteiger partial charge in [-0.05, 0) is 116 Å². The number of halogens is 1. The van der Waals surface area contributed by atoms with Crippen LogP contribution in [0.5, 0.6) is 0 Å². The monoisotopic (exact) mass is 1150 g/mol. The van der Waals surface area contributed by atoms with Crippen LogP contribution in [0.25, 0.3) is 0 Å². The number of carbonyl (C=O) groups excluding carboxylic acids is 9. The summed E-state index contributed by atoms with van der Waals surface area (Å²) in [6.07, 6.45) is 0.668. The van der Waals surface area contributed by atoms with Gasteiger partial charge in [0.2, 0.25) is 29.5 Å². The minimum atomic E-state index is -1.76. The maximum absolute atomic E-state index is 14.3. The topological polar surface area (TPSA) is 474 Å². The van der Waals surface area contributed by atoms with E-state index in [0.717, 1.165) is 4.68 Å². The normalized spacial score (nSPS) is 14.3. The number of unbranched alkanes of at least 4 members (excludes halogenated alkanes) is 4. The number of aryl methyl sites for hydroxylation is 1. The van der Waals surface area contributed by atoms with E-state index in [1.165, 1.54) is 20.0 Å². The number of carbonyl (C=O) groups is 12. The fourth-order valence-corrected chi connectivity index (χ4v) is 8.98. The molecule has 0 saturated carbocycles. The number of hydrogen-bond donors (Lipinski definition) is 12. The van der Waals surface area contributed by atoms with Gasteiger partial charge >= 0.3 is 17.9 Å². The van der Waals surface area contributed by atoms with Gasteiger partial charge in [-0.3, -0.25) is 61.9 Å². The van der Waals surface area contributed by atoms with E-state index < -0.39 is 182 Å². The molecular formula is C53H89FN12O15. The van der Waals surface area contributed by atoms with E-state index in [0.29, 0.717) is 70.2 Å². The summed E-state index contributed by atoms with van der Waals surface area (Å²) < 4.78 is 13.8. The van der Waals surface area contributed by atoms with Gasteiger partial charge in [0, 0.05) is 56.1 Å². The number of hydrogen-bond acceptors (Lipinski definition) is 18. The number of aliphatic carboxylic acids is 3. The largest absolute Gasteiger partial charge is 0.481 e. The quantitative estimate of drug-likeness (QED) is 0.0379. The number of aromatic nitrogens is 3. The number of primary amides is 1. The molecule has 5 amide bonds. The number of Topliss-reactive ketones (excluding diaryl/α,β-unsaturated/α-hetero) is 4. The SMILES string of the molecule is CC(C)[C@H](CC(=O)[C@H](CCC(=O)O)NC(=O)[C@H](CC(=O)O)CC(=O)Cn1cc(CCCF)nn1)C(=O)N[C@@H](CC(=O)O)C(=O)C[C@@H](CCCCN)C(=O)N[C@@H](CCCCN)C(=O)C[C@@H](CCCCN)C(=O)N[C@@H](CCCCN)C(N)=O. The van der Waals surface area contributed by atoms with Crippen molar-refractivity contribution >= 4 is 70.6 Å². The molecule has 458 valence electrons. The molecule has 0 unspecified atom stereocenters. The smallest absolute Gasteiger partial charge is 0.305 e. The zero-order chi connectivity index (χ0) is 61.0. The van der Waals surface area contributed by atoms with Crippen molar-refractivity contribution < 1.29 is 77.2 Å². The Morgan fingerprint density at radius 2 is 0.963 bits per heavy atom. The fraction of sp³-hybridized carbons (Fsp3) is 0.736. The molecule has 28 heteroatoms. The maximum Gasteiger partial charge on any atom is 0.305 e. The van der Waals surface area contributed by atoms with Crippen LogP contribution >= 0.6 is 0 Å². The zero-order valence-electron chi connectivity index (χ0n) is 46.9. The first-order valence-corrected chi connectivity index (χ1v) is 27.9. The van der Waals surface area contributed by atoms with Gasteiger partial charge in [0.1, 0.15) is 12.6 Å². The number of nitrogens with two attached hydrogens (primary N) is 5. The molecule has 1 aromatic heterocycles. The maximum atomic E-state index is 14.3. The Bertz CT molecular complexity index is 2220. The summed E-state index contributed by atoms with van der Waals surface area (Å²) in [5, 5.41) is 46.9. The number of amides is 5. The van der Waals surface area contributed by atoms with E-state index in [1.54, 1.807) is 0 Å². The van der Waals surface area contributed by atoms with Crippen LogP contribution in [0.3, 0.4) is 0 Å². The Hall–Kier alpha value is -6.65. The molecule has 0 aliphatic heterocycles. The third-order valence-corrected chi connectivity index (χ3v) is 13.7. The molecule has 1 aromatic rings. The lowest BCUT2D eigenvalue weighted by atomic mass is 9.86. The van der Waals surface area contributed by atoms with Crippen LogP contribution in [0.1, 0.15) is 154 Å². The van der Waals surface area contributed by atoms with Crippen molar-refractivity contribution in [2.45, 2.75) is 186 Å². The van der Waals surface area contributed by atoms with Gasteiger partial charge in [0.25, 0.3) is 0 Å². The highest BCUT2D eigenvalue weighted by atomic mass is 19.1. The number of carboxylic acid groups (broad SMARTS) is 3. The number of nitrogens with one attached hydrogen (secondary N) is 4. The lowest BCUT2D eigenvalue weighted by Gasteiger charge is -2.27. The van der Waals surface area contributed by atoms with Gasteiger partial charge in [-0.15, -0.1) is 5.10 Å². The lowest BCUT2D eigenvalue weighted by molar-refractivity contribution is -0.143. The van der Waals surface area contributed by atoms with Crippen LogP contribution in [0.2, 0.25) is 0 Å². The molecule has 0 saturated heterocycles. The second-order valence-corrected chi connectivity index (χ2v) is 20.8. The summed E-state index contributed by atoms with van der Waals surface area (Å²) in [4.78, 5) is 159. The second-order valence-electron chi connectivity index (χ2n) is 20.8. The molecule has 0 fully saturated rings. The Labute approximate surface area is 471 Å². The predicted molar refractivity (Wildman–Crippen MR) is 292 cm³/mol. The summed E-state index contributed by atoms with van der Waals surface area (Å²) in [5.41, 5.74) is 28.8. The third-order valence-electron chi connectivity index (χ3n) is 13.7. The summed E-state index contributed by atoms with van der Waals surface area (Å²) in [6.45, 7) is 3.18. The minimum absolute atomic E-state index is 0.0361. The van der Waals surface area contributed by atoms with Crippen molar-refractivity contribution in [3.8, 4) is 0 Å². The summed E-state index contributed by atoms with van der Waals surface area (Å²) in [6, 6.07) is -5.58. The number of rotatable bonds is 49. The average Bonchev–Trinajstić information content (AvgIpc) is 3.85. The van der Waals surface area contributed by atoms with Gasteiger partial charge in [-0.2, -0.15) is 0 Å². The van der Waals surface area contributed by atoms with E-state index in [-0.39, 0.29) is 58.0 Å². The summed E-state index contributed by atoms with van der Waals surface area (Å²) >= 11 is 0. The van der Waals surface area contributed by atoms with Crippen molar-refractivity contribution in [2.24, 2.45) is 58.3 Å². The van der Waals surface area contributed by atoms with Crippen LogP contribution in [0, 0.1) is 29.6 Å². The van der Waals surface area contributed by atoms with Crippen LogP contribution in [0.15, 0.2) is 6.20 Å². The number of ketones is 4. The molecule has 0 bridgehead atoms. The average molecular weight is 1150 g/mol. The molecule has 0 radical (unpaired) electrons. The molecule has 1 rings (SSSR count). The van der Waals surface area contributed by atoms with Crippen molar-refractivity contribution in [3.63, 3.8) is 0 Å². The van der Waals surface area contributed by atoms with Crippen molar-refractivity contribution in [2.75, 3.05) is 32.9 Å². The molecule has 0 aliphatic rings. The molecular weight excluding hydrogens is 1060 g/mol. The molecule has 27 nitrogen and oxygen atoms in total. The van der Waals surface area contributed by atoms with Gasteiger partial charge in [0.15, 0.2) is 23.1 Å². The van der Waals surface area contributed by atoms with Gasteiger partial charge in [0.05, 0.1) is 49.3 Å².